The molecule has 2 aliphatic rings. The van der Waals surface area contributed by atoms with Crippen molar-refractivity contribution in [1.29, 1.82) is 0 Å². The van der Waals surface area contributed by atoms with Crippen LogP contribution in [0.25, 0.3) is 0 Å². The third kappa shape index (κ3) is 11.9. The van der Waals surface area contributed by atoms with Crippen LogP contribution in [-0.2, 0) is 24.0 Å². The van der Waals surface area contributed by atoms with Crippen molar-refractivity contribution in [3.05, 3.63) is 0 Å². The van der Waals surface area contributed by atoms with Crippen LogP contribution < -0.4 is 10.2 Å². The third-order valence-corrected chi connectivity index (χ3v) is 6.74. The predicted molar refractivity (Wildman–Crippen MR) is 125 cm³/mol. The maximum absolute atomic E-state index is 13.2. The second-order valence-electron chi connectivity index (χ2n) is 9.60. The largest absolute Gasteiger partial charge is 0.549 e. The number of nitrogens with zero attached hydrogens (tertiary/aromatic N) is 5. The van der Waals surface area contributed by atoms with Gasteiger partial charge in [0.1, 0.15) is 6.54 Å². The number of amides is 1. The van der Waals surface area contributed by atoms with Gasteiger partial charge in [0, 0.05) is 71.5 Å². The summed E-state index contributed by atoms with van der Waals surface area (Å²) in [5.74, 6) is -5.06. The molecule has 1 saturated carbocycles. The van der Waals surface area contributed by atoms with Crippen molar-refractivity contribution in [1.82, 2.24) is 24.5 Å². The molecule has 37 heavy (non-hydrogen) atoms. The summed E-state index contributed by atoms with van der Waals surface area (Å²) >= 11 is 0. The maximum Gasteiger partial charge on any atom is 0.323 e. The molecule has 210 valence electrons. The minimum absolute atomic E-state index is 0.0827. The van der Waals surface area contributed by atoms with Crippen LogP contribution >= 0.6 is 0 Å². The van der Waals surface area contributed by atoms with Gasteiger partial charge in [0.15, 0.2) is 0 Å². The Labute approximate surface area is 216 Å². The molecule has 2 N–H and O–H groups in total. The fourth-order valence-corrected chi connectivity index (χ4v) is 4.83. The van der Waals surface area contributed by atoms with Crippen LogP contribution in [-0.4, -0.2) is 156 Å². The van der Waals surface area contributed by atoms with E-state index in [1.54, 1.807) is 19.6 Å². The summed E-state index contributed by atoms with van der Waals surface area (Å²) in [4.78, 5) is 66.5. The molecule has 14 heteroatoms. The van der Waals surface area contributed by atoms with Crippen LogP contribution in [0.1, 0.15) is 25.7 Å². The van der Waals surface area contributed by atoms with E-state index in [-0.39, 0.29) is 90.5 Å². The van der Waals surface area contributed by atoms with E-state index >= 15 is 0 Å². The average molecular weight is 528 g/mol. The van der Waals surface area contributed by atoms with Crippen LogP contribution in [0.15, 0.2) is 0 Å². The standard InChI is InChI=1S/C23H39N5O9/c29-19(28(17-23(36)37)18-3-1-2-4-18)13-24-5-7-25(14-20(30)31)9-11-27(16-22(34)35)12-10-26(8-6-24)15-21(32)33/h18H,1-17H2,(H,30,31)(H,32,33)(H,34,35)(H,36,37)/p-2. The van der Waals surface area contributed by atoms with Crippen LogP contribution in [0, 0.1) is 0 Å². The highest BCUT2D eigenvalue weighted by molar-refractivity contribution is 5.83. The van der Waals surface area contributed by atoms with Crippen LogP contribution in [0.4, 0.5) is 0 Å². The second-order valence-corrected chi connectivity index (χ2v) is 9.60. The van der Waals surface area contributed by atoms with Gasteiger partial charge in [-0.1, -0.05) is 12.8 Å². The lowest BCUT2D eigenvalue weighted by Gasteiger charge is -2.35. The molecular weight excluding hydrogens is 490 g/mol. The highest BCUT2D eigenvalue weighted by atomic mass is 16.4. The van der Waals surface area contributed by atoms with Gasteiger partial charge in [-0.25, -0.2) is 0 Å². The molecule has 1 aliphatic carbocycles. The lowest BCUT2D eigenvalue weighted by Crippen LogP contribution is -2.52. The Morgan fingerprint density at radius 2 is 1.00 bits per heavy atom. The zero-order chi connectivity index (χ0) is 27.4. The fraction of sp³-hybridized carbons (Fsp3) is 0.783. The Balaban J connectivity index is 2.18. The van der Waals surface area contributed by atoms with Crippen molar-refractivity contribution in [3.63, 3.8) is 0 Å². The van der Waals surface area contributed by atoms with Gasteiger partial charge in [-0.2, -0.15) is 0 Å². The maximum atomic E-state index is 13.2. The van der Waals surface area contributed by atoms with Crippen LogP contribution in [0.3, 0.4) is 0 Å². The number of carbonyl (C=O) groups is 5. The quantitative estimate of drug-likeness (QED) is 0.263. The zero-order valence-electron chi connectivity index (χ0n) is 21.1. The Morgan fingerprint density at radius 3 is 1.35 bits per heavy atom. The normalized spacial score (nSPS) is 20.1. The van der Waals surface area contributed by atoms with Gasteiger partial charge in [0.25, 0.3) is 0 Å². The third-order valence-electron chi connectivity index (χ3n) is 6.74. The molecule has 1 aliphatic heterocycles. The lowest BCUT2D eigenvalue weighted by atomic mass is 10.2. The second kappa shape index (κ2) is 15.4. The molecule has 0 aromatic heterocycles. The molecule has 1 heterocycles. The van der Waals surface area contributed by atoms with Gasteiger partial charge in [-0.3, -0.25) is 34.0 Å². The average Bonchev–Trinajstić information content (AvgIpc) is 3.32. The van der Waals surface area contributed by atoms with Crippen molar-refractivity contribution in [2.24, 2.45) is 0 Å². The van der Waals surface area contributed by atoms with E-state index in [4.69, 9.17) is 0 Å². The van der Waals surface area contributed by atoms with Crippen molar-refractivity contribution in [2.75, 3.05) is 85.1 Å². The van der Waals surface area contributed by atoms with E-state index in [0.29, 0.717) is 0 Å². The number of carboxylic acids is 4. The Hall–Kier alpha value is -2.81. The summed E-state index contributed by atoms with van der Waals surface area (Å²) in [6.45, 7) is 0.464. The zero-order valence-corrected chi connectivity index (χ0v) is 21.1. The van der Waals surface area contributed by atoms with Gasteiger partial charge in [0.05, 0.1) is 25.0 Å². The van der Waals surface area contributed by atoms with E-state index in [0.717, 1.165) is 25.7 Å². The molecule has 2 rings (SSSR count). The van der Waals surface area contributed by atoms with Crippen LogP contribution in [0.5, 0.6) is 0 Å². The molecule has 0 aromatic carbocycles. The summed E-state index contributed by atoms with van der Waals surface area (Å²) in [7, 11) is 0. The molecule has 0 unspecified atom stereocenters. The summed E-state index contributed by atoms with van der Waals surface area (Å²) in [5, 5.41) is 41.1. The van der Waals surface area contributed by atoms with Crippen molar-refractivity contribution < 1.29 is 44.4 Å². The first kappa shape index (κ1) is 30.4. The Bertz CT molecular complexity index is 773. The molecule has 0 aromatic rings. The topological polar surface area (TPSA) is 188 Å². The number of hydrogen-bond acceptors (Lipinski definition) is 11. The molecule has 0 radical (unpaired) electrons. The minimum atomic E-state index is -1.29. The smallest absolute Gasteiger partial charge is 0.323 e. The number of rotatable bonds is 11. The Kier molecular flexibility index (Phi) is 12.7. The van der Waals surface area contributed by atoms with Gasteiger partial charge in [0.2, 0.25) is 5.91 Å². The van der Waals surface area contributed by atoms with E-state index in [1.165, 1.54) is 4.90 Å². The Morgan fingerprint density at radius 1 is 0.622 bits per heavy atom. The number of aliphatic carboxylic acids is 4. The summed E-state index contributed by atoms with van der Waals surface area (Å²) in [5.41, 5.74) is 0. The van der Waals surface area contributed by atoms with Crippen molar-refractivity contribution in [3.8, 4) is 0 Å². The first-order valence-electron chi connectivity index (χ1n) is 12.6. The van der Waals surface area contributed by atoms with Crippen LogP contribution in [0.2, 0.25) is 0 Å². The monoisotopic (exact) mass is 527 g/mol. The van der Waals surface area contributed by atoms with Gasteiger partial charge < -0.3 is 34.9 Å². The molecule has 1 amide bonds. The highest BCUT2D eigenvalue weighted by Gasteiger charge is 2.29. The van der Waals surface area contributed by atoms with Gasteiger partial charge in [-0.05, 0) is 12.8 Å². The SMILES string of the molecule is O=C([O-])CN1CCN(CC(=O)[O-])CCN(CC(=O)N(CC(=O)O)C2CCCC2)CCN(CC(=O)O)CC1. The fourth-order valence-electron chi connectivity index (χ4n) is 4.83. The van der Waals surface area contributed by atoms with Gasteiger partial charge >= 0.3 is 11.9 Å². The first-order chi connectivity index (χ1) is 17.5. The first-order valence-corrected chi connectivity index (χ1v) is 12.6. The lowest BCUT2D eigenvalue weighted by molar-refractivity contribution is -0.308. The summed E-state index contributed by atoms with van der Waals surface area (Å²) < 4.78 is 0. The predicted octanol–water partition coefficient (Wildman–Crippen LogP) is -4.35. The molecule has 1 saturated heterocycles. The molecule has 0 atom stereocenters. The van der Waals surface area contributed by atoms with Crippen molar-refractivity contribution in [2.45, 2.75) is 31.7 Å². The van der Waals surface area contributed by atoms with E-state index in [9.17, 15) is 44.4 Å². The molecule has 14 nitrogen and oxygen atoms in total. The molecule has 0 bridgehead atoms. The molecular formula is C23H37N5O9-2. The highest BCUT2D eigenvalue weighted by Crippen LogP contribution is 2.23. The van der Waals surface area contributed by atoms with Gasteiger partial charge in [-0.15, -0.1) is 0 Å². The summed E-state index contributed by atoms with van der Waals surface area (Å²) in [6.07, 6.45) is 3.34. The van der Waals surface area contributed by atoms with E-state index < -0.39 is 30.4 Å². The van der Waals surface area contributed by atoms with E-state index in [1.807, 2.05) is 0 Å². The number of hydrogen-bond donors (Lipinski definition) is 2. The number of carbonyl (C=O) groups excluding carboxylic acids is 3. The molecule has 0 spiro atoms. The molecule has 2 fully saturated rings. The summed E-state index contributed by atoms with van der Waals surface area (Å²) in [6, 6.07) is -0.135. The van der Waals surface area contributed by atoms with E-state index in [2.05, 4.69) is 0 Å². The number of carboxylic acid groups (broad SMARTS) is 4. The minimum Gasteiger partial charge on any atom is -0.549 e. The van der Waals surface area contributed by atoms with Crippen molar-refractivity contribution >= 4 is 29.8 Å².